The number of carbonyl (C=O) groups excluding carboxylic acids is 1. The predicted molar refractivity (Wildman–Crippen MR) is 72.9 cm³/mol. The van der Waals surface area contributed by atoms with Crippen LogP contribution in [-0.2, 0) is 14.8 Å². The largest absolute Gasteiger partial charge is 0.348 e. The number of anilines is 1. The summed E-state index contributed by atoms with van der Waals surface area (Å²) in [6.45, 7) is 0.112. The van der Waals surface area contributed by atoms with E-state index in [1.165, 1.54) is 6.07 Å². The van der Waals surface area contributed by atoms with Crippen LogP contribution < -0.4 is 10.6 Å². The van der Waals surface area contributed by atoms with E-state index in [-0.39, 0.29) is 28.6 Å². The molecule has 4 rings (SSSR count). The highest BCUT2D eigenvalue weighted by Crippen LogP contribution is 2.75. The summed E-state index contributed by atoms with van der Waals surface area (Å²) in [4.78, 5) is 12.0. The first-order chi connectivity index (χ1) is 9.51. The number of amidine groups is 1. The molecule has 1 heterocycles. The Balaban J connectivity index is 1.52. The Morgan fingerprint density at radius 2 is 2.10 bits per heavy atom. The summed E-state index contributed by atoms with van der Waals surface area (Å²) in [6.07, 6.45) is 1.94. The van der Waals surface area contributed by atoms with E-state index in [2.05, 4.69) is 15.0 Å². The van der Waals surface area contributed by atoms with E-state index in [9.17, 15) is 13.2 Å². The topological polar surface area (TPSA) is 87.6 Å². The van der Waals surface area contributed by atoms with E-state index in [1.807, 2.05) is 0 Å². The number of hydrogen-bond donors (Lipinski definition) is 2. The lowest BCUT2D eigenvalue weighted by Crippen LogP contribution is -2.37. The van der Waals surface area contributed by atoms with Crippen molar-refractivity contribution < 1.29 is 13.2 Å². The third-order valence-electron chi connectivity index (χ3n) is 4.23. The highest BCUT2D eigenvalue weighted by atomic mass is 32.2. The van der Waals surface area contributed by atoms with Gasteiger partial charge in [-0.15, -0.1) is 4.40 Å². The molecule has 0 atom stereocenters. The van der Waals surface area contributed by atoms with Gasteiger partial charge >= 0.3 is 0 Å². The zero-order chi connectivity index (χ0) is 14.0. The predicted octanol–water partition coefficient (Wildman–Crippen LogP) is 0.725. The van der Waals surface area contributed by atoms with Crippen molar-refractivity contribution in [1.29, 1.82) is 0 Å². The maximum atomic E-state index is 12.0. The second-order valence-electron chi connectivity index (χ2n) is 5.58. The van der Waals surface area contributed by atoms with Crippen molar-refractivity contribution in [2.75, 3.05) is 11.9 Å². The zero-order valence-electron chi connectivity index (χ0n) is 10.6. The molecule has 0 unspecified atom stereocenters. The molecule has 0 spiro atoms. The fourth-order valence-corrected chi connectivity index (χ4v) is 3.80. The second-order valence-corrected chi connectivity index (χ2v) is 7.15. The van der Waals surface area contributed by atoms with Crippen LogP contribution in [0.25, 0.3) is 0 Å². The molecular formula is C13H13N3O3S. The van der Waals surface area contributed by atoms with E-state index >= 15 is 0 Å². The van der Waals surface area contributed by atoms with Crippen LogP contribution in [-0.4, -0.2) is 26.7 Å². The van der Waals surface area contributed by atoms with Gasteiger partial charge in [0, 0.05) is 0 Å². The average Bonchev–Trinajstić information content (AvgIpc) is 3.24. The Morgan fingerprint density at radius 3 is 2.80 bits per heavy atom. The van der Waals surface area contributed by atoms with Crippen LogP contribution in [0.5, 0.6) is 0 Å². The highest BCUT2D eigenvalue weighted by molar-refractivity contribution is 7.90. The molecule has 0 radical (unpaired) electrons. The number of fused-ring (bicyclic) bond motifs is 2. The number of rotatable bonds is 3. The first kappa shape index (κ1) is 11.9. The third-order valence-corrected chi connectivity index (χ3v) is 5.60. The van der Waals surface area contributed by atoms with Crippen LogP contribution in [0.1, 0.15) is 12.8 Å². The number of nitrogens with zero attached hydrogens (tertiary/aromatic N) is 1. The molecule has 2 N–H and O–H groups in total. The molecule has 3 aliphatic rings. The lowest BCUT2D eigenvalue weighted by Gasteiger charge is -2.18. The summed E-state index contributed by atoms with van der Waals surface area (Å²) in [6, 6.07) is 6.59. The summed E-state index contributed by atoms with van der Waals surface area (Å²) in [5.41, 5.74) is 0.382. The van der Waals surface area contributed by atoms with E-state index in [0.717, 1.165) is 12.8 Å². The Labute approximate surface area is 116 Å². The SMILES string of the molecule is O=C(NCC1=NS(=O)(=O)c2ccccc2N1)C12CC1C2. The molecule has 6 nitrogen and oxygen atoms in total. The minimum absolute atomic E-state index is 0.0169. The van der Waals surface area contributed by atoms with Crippen LogP contribution in [0.3, 0.4) is 0 Å². The maximum absolute atomic E-state index is 12.0. The van der Waals surface area contributed by atoms with Gasteiger partial charge in [-0.25, -0.2) is 0 Å². The van der Waals surface area contributed by atoms with Crippen molar-refractivity contribution >= 4 is 27.5 Å². The Bertz CT molecular complexity index is 748. The van der Waals surface area contributed by atoms with Gasteiger partial charge in [0.05, 0.1) is 17.6 Å². The van der Waals surface area contributed by atoms with E-state index in [4.69, 9.17) is 0 Å². The first-order valence-corrected chi connectivity index (χ1v) is 7.93. The second kappa shape index (κ2) is 3.60. The molecule has 1 aromatic carbocycles. The lowest BCUT2D eigenvalue weighted by molar-refractivity contribution is -0.123. The van der Waals surface area contributed by atoms with E-state index in [1.54, 1.807) is 18.2 Å². The molecule has 1 aromatic rings. The molecule has 7 heteroatoms. The molecule has 104 valence electrons. The normalized spacial score (nSPS) is 31.2. The molecule has 0 bridgehead atoms. The van der Waals surface area contributed by atoms with Crippen LogP contribution in [0.2, 0.25) is 0 Å². The molecule has 20 heavy (non-hydrogen) atoms. The highest BCUT2D eigenvalue weighted by Gasteiger charge is 2.74. The van der Waals surface area contributed by atoms with Crippen LogP contribution >= 0.6 is 0 Å². The van der Waals surface area contributed by atoms with Gasteiger partial charge in [-0.1, -0.05) is 12.1 Å². The average molecular weight is 291 g/mol. The summed E-state index contributed by atoms with van der Waals surface area (Å²) in [5, 5.41) is 5.72. The standard InChI is InChI=1S/C13H13N3O3S/c17-12(13-5-8(13)6-13)14-7-11-15-9-3-1-2-4-10(9)20(18,19)16-11/h1-4,8H,5-7H2,(H,14,17)(H,15,16). The molecule has 2 fully saturated rings. The van der Waals surface area contributed by atoms with E-state index < -0.39 is 10.0 Å². The minimum atomic E-state index is -3.67. The molecular weight excluding hydrogens is 278 g/mol. The maximum Gasteiger partial charge on any atom is 0.286 e. The Hall–Kier alpha value is -1.89. The van der Waals surface area contributed by atoms with Crippen molar-refractivity contribution in [3.8, 4) is 0 Å². The fourth-order valence-electron chi connectivity index (χ4n) is 2.66. The van der Waals surface area contributed by atoms with Crippen LogP contribution in [0.4, 0.5) is 5.69 Å². The number of amides is 1. The Morgan fingerprint density at radius 1 is 1.40 bits per heavy atom. The van der Waals surface area contributed by atoms with Crippen molar-refractivity contribution in [2.45, 2.75) is 17.7 Å². The molecule has 2 saturated carbocycles. The third kappa shape index (κ3) is 1.66. The molecule has 1 aliphatic heterocycles. The fraction of sp³-hybridized carbons (Fsp3) is 0.385. The molecule has 1 amide bonds. The minimum Gasteiger partial charge on any atom is -0.348 e. The summed E-state index contributed by atoms with van der Waals surface area (Å²) < 4.78 is 27.7. The number of benzene rings is 1. The van der Waals surface area contributed by atoms with Gasteiger partial charge in [-0.3, -0.25) is 4.79 Å². The zero-order valence-corrected chi connectivity index (χ0v) is 11.4. The smallest absolute Gasteiger partial charge is 0.286 e. The molecule has 0 aromatic heterocycles. The van der Waals surface area contributed by atoms with Crippen LogP contribution in [0.15, 0.2) is 33.6 Å². The Kier molecular flexibility index (Phi) is 2.14. The molecule has 0 saturated heterocycles. The first-order valence-electron chi connectivity index (χ1n) is 6.49. The van der Waals surface area contributed by atoms with Gasteiger partial charge in [-0.2, -0.15) is 8.42 Å². The lowest BCUT2D eigenvalue weighted by atomic mass is 10.2. The van der Waals surface area contributed by atoms with Gasteiger partial charge in [-0.05, 0) is 30.9 Å². The van der Waals surface area contributed by atoms with Crippen molar-refractivity contribution in [2.24, 2.45) is 15.7 Å². The van der Waals surface area contributed by atoms with Crippen LogP contribution in [0, 0.1) is 11.3 Å². The number of hydrogen-bond acceptors (Lipinski definition) is 4. The summed E-state index contributed by atoms with van der Waals surface area (Å²) in [5.74, 6) is 0.836. The van der Waals surface area contributed by atoms with Gasteiger partial charge in [0.25, 0.3) is 10.0 Å². The van der Waals surface area contributed by atoms with Gasteiger partial charge < -0.3 is 10.6 Å². The van der Waals surface area contributed by atoms with Crippen molar-refractivity contribution in [3.05, 3.63) is 24.3 Å². The summed E-state index contributed by atoms with van der Waals surface area (Å²) in [7, 11) is -3.67. The number of carbonyl (C=O) groups is 1. The van der Waals surface area contributed by atoms with E-state index in [0.29, 0.717) is 11.6 Å². The van der Waals surface area contributed by atoms with Gasteiger partial charge in [0.15, 0.2) is 0 Å². The van der Waals surface area contributed by atoms with Gasteiger partial charge in [0.1, 0.15) is 10.7 Å². The molecule has 2 aliphatic carbocycles. The number of nitrogens with one attached hydrogen (secondary N) is 2. The number of para-hydroxylation sites is 1. The van der Waals surface area contributed by atoms with Crippen molar-refractivity contribution in [1.82, 2.24) is 5.32 Å². The van der Waals surface area contributed by atoms with Gasteiger partial charge in [0.2, 0.25) is 5.91 Å². The monoisotopic (exact) mass is 291 g/mol. The summed E-state index contributed by atoms with van der Waals surface area (Å²) >= 11 is 0. The quantitative estimate of drug-likeness (QED) is 0.859. The van der Waals surface area contributed by atoms with Crippen molar-refractivity contribution in [3.63, 3.8) is 0 Å². The number of sulfonamides is 1.